The summed E-state index contributed by atoms with van der Waals surface area (Å²) in [4.78, 5) is 11.7. The third kappa shape index (κ3) is 3.48. The standard InChI is InChI=1S/C17H19ClN4O2/c1-11-19-20-21-22(11)13-7-8-14(16(18)10-13)15(17(23)24)9-12-5-3-2-4-6-12/h7-10,12H,2-6H2,1H3,(H,23,24). The zero-order chi connectivity index (χ0) is 17.1. The summed E-state index contributed by atoms with van der Waals surface area (Å²) in [6.45, 7) is 1.79. The van der Waals surface area contributed by atoms with Crippen molar-refractivity contribution in [2.24, 2.45) is 5.92 Å². The smallest absolute Gasteiger partial charge is 0.336 e. The van der Waals surface area contributed by atoms with E-state index < -0.39 is 5.97 Å². The molecule has 1 aromatic carbocycles. The van der Waals surface area contributed by atoms with Gasteiger partial charge in [-0.25, -0.2) is 4.79 Å². The van der Waals surface area contributed by atoms with Crippen molar-refractivity contribution >= 4 is 23.1 Å². The minimum atomic E-state index is -0.950. The van der Waals surface area contributed by atoms with E-state index in [9.17, 15) is 9.90 Å². The fourth-order valence-corrected chi connectivity index (χ4v) is 3.41. The summed E-state index contributed by atoms with van der Waals surface area (Å²) in [6, 6.07) is 5.20. The van der Waals surface area contributed by atoms with Crippen LogP contribution in [0.1, 0.15) is 43.5 Å². The Labute approximate surface area is 145 Å². The summed E-state index contributed by atoms with van der Waals surface area (Å²) in [5.74, 6) is -0.00815. The van der Waals surface area contributed by atoms with Crippen LogP contribution in [-0.2, 0) is 4.79 Å². The fourth-order valence-electron chi connectivity index (χ4n) is 3.14. The Morgan fingerprint density at radius 1 is 1.33 bits per heavy atom. The van der Waals surface area contributed by atoms with Crippen LogP contribution in [0.25, 0.3) is 11.3 Å². The molecule has 0 bridgehead atoms. The van der Waals surface area contributed by atoms with Crippen molar-refractivity contribution < 1.29 is 9.90 Å². The normalized spacial score (nSPS) is 16.3. The van der Waals surface area contributed by atoms with E-state index in [-0.39, 0.29) is 5.57 Å². The SMILES string of the molecule is Cc1nnnn1-c1ccc(C(=CC2CCCCC2)C(=O)O)c(Cl)c1. The third-order valence-electron chi connectivity index (χ3n) is 4.40. The molecule has 0 aliphatic heterocycles. The van der Waals surface area contributed by atoms with Crippen LogP contribution in [0, 0.1) is 12.8 Å². The number of allylic oxidation sites excluding steroid dienone is 1. The lowest BCUT2D eigenvalue weighted by Gasteiger charge is -2.19. The molecular formula is C17H19ClN4O2. The van der Waals surface area contributed by atoms with Crippen molar-refractivity contribution in [1.29, 1.82) is 0 Å². The van der Waals surface area contributed by atoms with Crippen LogP contribution in [0.4, 0.5) is 0 Å². The maximum absolute atomic E-state index is 11.7. The first kappa shape index (κ1) is 16.6. The highest BCUT2D eigenvalue weighted by Gasteiger charge is 2.19. The molecule has 3 rings (SSSR count). The monoisotopic (exact) mass is 346 g/mol. The van der Waals surface area contributed by atoms with Crippen LogP contribution < -0.4 is 0 Å². The molecule has 2 aromatic rings. The Kier molecular flexibility index (Phi) is 4.94. The highest BCUT2D eigenvalue weighted by Crippen LogP contribution is 2.31. The van der Waals surface area contributed by atoms with E-state index in [4.69, 9.17) is 11.6 Å². The van der Waals surface area contributed by atoms with Gasteiger partial charge in [-0.2, -0.15) is 4.68 Å². The molecule has 0 amide bonds. The van der Waals surface area contributed by atoms with Crippen LogP contribution in [0.3, 0.4) is 0 Å². The second-order valence-electron chi connectivity index (χ2n) is 6.09. The van der Waals surface area contributed by atoms with Crippen molar-refractivity contribution in [3.05, 3.63) is 40.7 Å². The summed E-state index contributed by atoms with van der Waals surface area (Å²) in [6.07, 6.45) is 7.48. The number of carbonyl (C=O) groups is 1. The van der Waals surface area contributed by atoms with Crippen LogP contribution in [0.5, 0.6) is 0 Å². The number of nitrogens with zero attached hydrogens (tertiary/aromatic N) is 4. The average Bonchev–Trinajstić information content (AvgIpc) is 3.00. The number of aliphatic carboxylic acids is 1. The zero-order valence-corrected chi connectivity index (χ0v) is 14.2. The first-order valence-corrected chi connectivity index (χ1v) is 8.44. The van der Waals surface area contributed by atoms with Gasteiger partial charge in [0.2, 0.25) is 0 Å². The van der Waals surface area contributed by atoms with E-state index in [2.05, 4.69) is 15.5 Å². The Morgan fingerprint density at radius 3 is 2.67 bits per heavy atom. The first-order chi connectivity index (χ1) is 11.6. The van der Waals surface area contributed by atoms with Crippen LogP contribution in [0.2, 0.25) is 5.02 Å². The van der Waals surface area contributed by atoms with Crippen LogP contribution in [-0.4, -0.2) is 31.3 Å². The number of carboxylic acids is 1. The van der Waals surface area contributed by atoms with Gasteiger partial charge in [0.15, 0.2) is 5.82 Å². The Hall–Kier alpha value is -2.21. The topological polar surface area (TPSA) is 80.9 Å². The molecule has 1 saturated carbocycles. The van der Waals surface area contributed by atoms with Crippen molar-refractivity contribution in [3.8, 4) is 5.69 Å². The average molecular weight is 347 g/mol. The molecule has 1 N–H and O–H groups in total. The summed E-state index contributed by atoms with van der Waals surface area (Å²) >= 11 is 6.37. The van der Waals surface area contributed by atoms with Gasteiger partial charge in [0.25, 0.3) is 0 Å². The number of benzene rings is 1. The number of hydrogen-bond acceptors (Lipinski definition) is 4. The lowest BCUT2D eigenvalue weighted by atomic mass is 9.87. The van der Waals surface area contributed by atoms with Crippen LogP contribution in [0.15, 0.2) is 24.3 Å². The molecule has 1 aromatic heterocycles. The number of halogens is 1. The van der Waals surface area contributed by atoms with Gasteiger partial charge >= 0.3 is 5.97 Å². The second-order valence-corrected chi connectivity index (χ2v) is 6.49. The number of hydrogen-bond donors (Lipinski definition) is 1. The minimum Gasteiger partial charge on any atom is -0.478 e. The van der Waals surface area contributed by atoms with Gasteiger partial charge in [-0.1, -0.05) is 43.0 Å². The molecule has 0 atom stereocenters. The molecule has 1 heterocycles. The predicted molar refractivity (Wildman–Crippen MR) is 91.1 cm³/mol. The lowest BCUT2D eigenvalue weighted by molar-refractivity contribution is -0.130. The number of aromatic nitrogens is 4. The Balaban J connectivity index is 1.95. The van der Waals surface area contributed by atoms with E-state index in [1.54, 1.807) is 29.8 Å². The third-order valence-corrected chi connectivity index (χ3v) is 4.71. The molecular weight excluding hydrogens is 328 g/mol. The lowest BCUT2D eigenvalue weighted by Crippen LogP contribution is -2.08. The van der Waals surface area contributed by atoms with Crippen molar-refractivity contribution in [3.63, 3.8) is 0 Å². The van der Waals surface area contributed by atoms with E-state index in [1.807, 2.05) is 6.08 Å². The summed E-state index contributed by atoms with van der Waals surface area (Å²) in [5, 5.41) is 21.3. The van der Waals surface area contributed by atoms with E-state index in [0.717, 1.165) is 25.7 Å². The van der Waals surface area contributed by atoms with Gasteiger partial charge in [0, 0.05) is 5.56 Å². The van der Waals surface area contributed by atoms with Gasteiger partial charge in [-0.3, -0.25) is 0 Å². The van der Waals surface area contributed by atoms with Gasteiger partial charge in [0.05, 0.1) is 16.3 Å². The predicted octanol–water partition coefficient (Wildman–Crippen LogP) is 3.67. The molecule has 1 fully saturated rings. The Bertz CT molecular complexity index is 779. The summed E-state index contributed by atoms with van der Waals surface area (Å²) in [7, 11) is 0. The summed E-state index contributed by atoms with van der Waals surface area (Å²) in [5.41, 5.74) is 1.50. The quantitative estimate of drug-likeness (QED) is 0.854. The van der Waals surface area contributed by atoms with Gasteiger partial charge in [0.1, 0.15) is 0 Å². The van der Waals surface area contributed by atoms with Crippen molar-refractivity contribution in [2.45, 2.75) is 39.0 Å². The van der Waals surface area contributed by atoms with Crippen LogP contribution >= 0.6 is 11.6 Å². The number of carboxylic acid groups (broad SMARTS) is 1. The van der Waals surface area contributed by atoms with E-state index in [1.165, 1.54) is 6.42 Å². The molecule has 126 valence electrons. The molecule has 24 heavy (non-hydrogen) atoms. The molecule has 1 aliphatic carbocycles. The highest BCUT2D eigenvalue weighted by molar-refractivity contribution is 6.34. The largest absolute Gasteiger partial charge is 0.478 e. The summed E-state index contributed by atoms with van der Waals surface area (Å²) < 4.78 is 1.56. The highest BCUT2D eigenvalue weighted by atomic mass is 35.5. The van der Waals surface area contributed by atoms with Gasteiger partial charge in [-0.15, -0.1) is 5.10 Å². The first-order valence-electron chi connectivity index (χ1n) is 8.06. The van der Waals surface area contributed by atoms with Gasteiger partial charge < -0.3 is 5.11 Å². The second kappa shape index (κ2) is 7.13. The van der Waals surface area contributed by atoms with Crippen molar-refractivity contribution in [2.75, 3.05) is 0 Å². The van der Waals surface area contributed by atoms with E-state index in [0.29, 0.717) is 28.0 Å². The Morgan fingerprint density at radius 2 is 2.08 bits per heavy atom. The molecule has 0 saturated heterocycles. The number of rotatable bonds is 4. The molecule has 0 radical (unpaired) electrons. The maximum atomic E-state index is 11.7. The van der Waals surface area contributed by atoms with E-state index >= 15 is 0 Å². The van der Waals surface area contributed by atoms with Crippen molar-refractivity contribution in [1.82, 2.24) is 20.2 Å². The minimum absolute atomic E-state index is 0.270. The maximum Gasteiger partial charge on any atom is 0.336 e. The molecule has 1 aliphatic rings. The molecule has 0 spiro atoms. The molecule has 7 heteroatoms. The zero-order valence-electron chi connectivity index (χ0n) is 13.4. The number of aryl methyl sites for hydroxylation is 1. The number of tetrazole rings is 1. The molecule has 0 unspecified atom stereocenters. The fraction of sp³-hybridized carbons (Fsp3) is 0.412. The van der Waals surface area contributed by atoms with Gasteiger partial charge in [-0.05, 0) is 48.2 Å². The molecule has 6 nitrogen and oxygen atoms in total.